The molecule has 3 atom stereocenters. The van der Waals surface area contributed by atoms with Crippen LogP contribution in [-0.2, 0) is 32.0 Å². The minimum absolute atomic E-state index is 0.00439. The molecule has 0 aliphatic heterocycles. The SMILES string of the molecule is NCCCCC(N)C(=O)NC(Cc1cnc[nH]1)C(=O)NCC(=O)NC(Cc1cnc[nH]1)C(=O)O. The Labute approximate surface area is 195 Å². The molecule has 2 aromatic rings. The Hall–Kier alpha value is -3.78. The second kappa shape index (κ2) is 13.7. The molecule has 2 aromatic heterocycles. The first kappa shape index (κ1) is 26.5. The average Bonchev–Trinajstić information content (AvgIpc) is 3.51. The average molecular weight is 478 g/mol. The van der Waals surface area contributed by atoms with Crippen LogP contribution >= 0.6 is 0 Å². The lowest BCUT2D eigenvalue weighted by atomic mass is 10.1. The van der Waals surface area contributed by atoms with Gasteiger partial charge in [0.05, 0.1) is 25.2 Å². The highest BCUT2D eigenvalue weighted by molar-refractivity contribution is 5.92. The zero-order valence-corrected chi connectivity index (χ0v) is 18.6. The van der Waals surface area contributed by atoms with Gasteiger partial charge in [-0.25, -0.2) is 14.8 Å². The fourth-order valence-corrected chi connectivity index (χ4v) is 3.10. The molecule has 2 rings (SSSR count). The first-order valence-corrected chi connectivity index (χ1v) is 10.8. The number of hydrogen-bond donors (Lipinski definition) is 8. The smallest absolute Gasteiger partial charge is 0.326 e. The Morgan fingerprint density at radius 2 is 1.56 bits per heavy atom. The summed E-state index contributed by atoms with van der Waals surface area (Å²) in [6, 6.07) is -3.05. The van der Waals surface area contributed by atoms with Crippen molar-refractivity contribution in [3.63, 3.8) is 0 Å². The number of rotatable bonds is 15. The lowest BCUT2D eigenvalue weighted by Crippen LogP contribution is -2.54. The molecule has 10 N–H and O–H groups in total. The Kier molecular flexibility index (Phi) is 10.7. The second-order valence-electron chi connectivity index (χ2n) is 7.69. The number of nitrogens with zero attached hydrogens (tertiary/aromatic N) is 2. The van der Waals surface area contributed by atoms with E-state index in [2.05, 4.69) is 35.9 Å². The third-order valence-electron chi connectivity index (χ3n) is 4.95. The van der Waals surface area contributed by atoms with Crippen molar-refractivity contribution in [2.75, 3.05) is 13.1 Å². The number of carboxylic acid groups (broad SMARTS) is 1. The van der Waals surface area contributed by atoms with Crippen molar-refractivity contribution in [1.29, 1.82) is 0 Å². The van der Waals surface area contributed by atoms with Crippen LogP contribution in [0.2, 0.25) is 0 Å². The lowest BCUT2D eigenvalue weighted by Gasteiger charge is -2.20. The van der Waals surface area contributed by atoms with Gasteiger partial charge in [0.25, 0.3) is 0 Å². The monoisotopic (exact) mass is 477 g/mol. The maximum absolute atomic E-state index is 12.7. The summed E-state index contributed by atoms with van der Waals surface area (Å²) in [6.45, 7) is 0.00930. The number of carboxylic acids is 1. The number of aliphatic carboxylic acids is 1. The van der Waals surface area contributed by atoms with Crippen molar-refractivity contribution in [3.8, 4) is 0 Å². The lowest BCUT2D eigenvalue weighted by molar-refractivity contribution is -0.141. The molecular formula is C20H31N9O5. The molecule has 2 heterocycles. The second-order valence-corrected chi connectivity index (χ2v) is 7.69. The normalized spacial score (nSPS) is 13.5. The van der Waals surface area contributed by atoms with E-state index in [1.807, 2.05) is 0 Å². The molecule has 14 nitrogen and oxygen atoms in total. The molecule has 186 valence electrons. The predicted molar refractivity (Wildman–Crippen MR) is 120 cm³/mol. The molecule has 14 heteroatoms. The maximum atomic E-state index is 12.7. The molecule has 0 aliphatic rings. The molecule has 3 amide bonds. The van der Waals surface area contributed by atoms with E-state index in [-0.39, 0.29) is 12.8 Å². The molecule has 0 saturated carbocycles. The number of unbranched alkanes of at least 4 members (excludes halogenated alkanes) is 1. The van der Waals surface area contributed by atoms with Crippen molar-refractivity contribution in [2.24, 2.45) is 11.5 Å². The van der Waals surface area contributed by atoms with Gasteiger partial charge >= 0.3 is 5.97 Å². The van der Waals surface area contributed by atoms with Gasteiger partial charge in [0.15, 0.2) is 0 Å². The fraction of sp³-hybridized carbons (Fsp3) is 0.500. The van der Waals surface area contributed by atoms with Crippen LogP contribution in [0.4, 0.5) is 0 Å². The van der Waals surface area contributed by atoms with Crippen LogP contribution < -0.4 is 27.4 Å². The number of aromatic nitrogens is 4. The van der Waals surface area contributed by atoms with E-state index in [0.717, 1.165) is 6.42 Å². The van der Waals surface area contributed by atoms with Crippen molar-refractivity contribution in [2.45, 2.75) is 50.2 Å². The molecule has 0 bridgehead atoms. The number of imidazole rings is 2. The van der Waals surface area contributed by atoms with E-state index in [1.54, 1.807) is 0 Å². The standard InChI is InChI=1S/C20H31N9O5/c21-4-2-1-3-14(22)18(31)29-15(5-12-7-23-10-26-12)19(32)25-9-17(30)28-16(20(33)34)6-13-8-24-11-27-13/h7-8,10-11,14-16H,1-6,9,21-22H2,(H,23,26)(H,24,27)(H,25,32)(H,28,30)(H,29,31)(H,33,34). The van der Waals surface area contributed by atoms with Crippen LogP contribution in [0.3, 0.4) is 0 Å². The number of nitrogens with one attached hydrogen (secondary N) is 5. The van der Waals surface area contributed by atoms with E-state index in [9.17, 15) is 24.3 Å². The highest BCUT2D eigenvalue weighted by Gasteiger charge is 2.26. The van der Waals surface area contributed by atoms with Crippen LogP contribution in [0.5, 0.6) is 0 Å². The van der Waals surface area contributed by atoms with Gasteiger partial charge in [-0.05, 0) is 19.4 Å². The number of carbonyl (C=O) groups is 4. The van der Waals surface area contributed by atoms with Gasteiger partial charge < -0.3 is 42.5 Å². The van der Waals surface area contributed by atoms with Crippen LogP contribution in [0.1, 0.15) is 30.7 Å². The zero-order chi connectivity index (χ0) is 24.9. The van der Waals surface area contributed by atoms with Gasteiger partial charge in [-0.1, -0.05) is 6.42 Å². The van der Waals surface area contributed by atoms with Crippen LogP contribution in [0.25, 0.3) is 0 Å². The van der Waals surface area contributed by atoms with Crippen LogP contribution in [-0.4, -0.2) is 79.9 Å². The van der Waals surface area contributed by atoms with E-state index in [4.69, 9.17) is 11.5 Å². The quantitative estimate of drug-likeness (QED) is 0.127. The highest BCUT2D eigenvalue weighted by atomic mass is 16.4. The Balaban J connectivity index is 1.93. The van der Waals surface area contributed by atoms with E-state index in [1.165, 1.54) is 25.0 Å². The van der Waals surface area contributed by atoms with Crippen molar-refractivity contribution < 1.29 is 24.3 Å². The minimum Gasteiger partial charge on any atom is -0.480 e. The highest BCUT2D eigenvalue weighted by Crippen LogP contribution is 2.03. The molecule has 0 spiro atoms. The molecule has 34 heavy (non-hydrogen) atoms. The third kappa shape index (κ3) is 8.99. The zero-order valence-electron chi connectivity index (χ0n) is 18.6. The van der Waals surface area contributed by atoms with Gasteiger partial charge in [0.1, 0.15) is 12.1 Å². The molecule has 0 saturated heterocycles. The van der Waals surface area contributed by atoms with Crippen molar-refractivity contribution in [3.05, 3.63) is 36.4 Å². The van der Waals surface area contributed by atoms with Crippen LogP contribution in [0.15, 0.2) is 25.0 Å². The van der Waals surface area contributed by atoms with E-state index in [0.29, 0.717) is 30.8 Å². The minimum atomic E-state index is -1.23. The Morgan fingerprint density at radius 1 is 0.941 bits per heavy atom. The van der Waals surface area contributed by atoms with Gasteiger partial charge in [0, 0.05) is 36.6 Å². The molecule has 0 aromatic carbocycles. The summed E-state index contributed by atoms with van der Waals surface area (Å²) in [5.41, 5.74) is 12.5. The summed E-state index contributed by atoms with van der Waals surface area (Å²) in [6.07, 6.45) is 7.69. The third-order valence-corrected chi connectivity index (χ3v) is 4.95. The summed E-state index contributed by atoms with van der Waals surface area (Å²) in [5.74, 6) is -3.08. The molecular weight excluding hydrogens is 446 g/mol. The fourth-order valence-electron chi connectivity index (χ4n) is 3.10. The number of nitrogens with two attached hydrogens (primary N) is 2. The largest absolute Gasteiger partial charge is 0.480 e. The summed E-state index contributed by atoms with van der Waals surface area (Å²) >= 11 is 0. The summed E-state index contributed by atoms with van der Waals surface area (Å²) in [5, 5.41) is 16.7. The number of amides is 3. The molecule has 0 radical (unpaired) electrons. The number of aromatic amines is 2. The number of H-pyrrole nitrogens is 2. The Morgan fingerprint density at radius 3 is 2.09 bits per heavy atom. The number of hydrogen-bond acceptors (Lipinski definition) is 8. The number of carbonyl (C=O) groups excluding carboxylic acids is 3. The molecule has 3 unspecified atom stereocenters. The molecule has 0 fully saturated rings. The predicted octanol–water partition coefficient (Wildman–Crippen LogP) is -2.46. The Bertz CT molecular complexity index is 917. The topological polar surface area (TPSA) is 234 Å². The van der Waals surface area contributed by atoms with Gasteiger partial charge in [-0.3, -0.25) is 14.4 Å². The van der Waals surface area contributed by atoms with Crippen LogP contribution in [0, 0.1) is 0 Å². The summed E-state index contributed by atoms with van der Waals surface area (Å²) in [7, 11) is 0. The summed E-state index contributed by atoms with van der Waals surface area (Å²) in [4.78, 5) is 62.2. The first-order chi connectivity index (χ1) is 16.3. The maximum Gasteiger partial charge on any atom is 0.326 e. The van der Waals surface area contributed by atoms with Crippen molar-refractivity contribution in [1.82, 2.24) is 35.9 Å². The summed E-state index contributed by atoms with van der Waals surface area (Å²) < 4.78 is 0. The van der Waals surface area contributed by atoms with Gasteiger partial charge in [0.2, 0.25) is 17.7 Å². The van der Waals surface area contributed by atoms with Gasteiger partial charge in [-0.15, -0.1) is 0 Å². The van der Waals surface area contributed by atoms with Crippen molar-refractivity contribution >= 4 is 23.7 Å². The first-order valence-electron chi connectivity index (χ1n) is 10.8. The molecule has 0 aliphatic carbocycles. The van der Waals surface area contributed by atoms with E-state index < -0.39 is 48.4 Å². The van der Waals surface area contributed by atoms with E-state index >= 15 is 0 Å². The van der Waals surface area contributed by atoms with Gasteiger partial charge in [-0.2, -0.15) is 0 Å².